The lowest BCUT2D eigenvalue weighted by atomic mass is 10.6. The van der Waals surface area contributed by atoms with Gasteiger partial charge >= 0.3 is 12.1 Å². The van der Waals surface area contributed by atoms with Crippen molar-refractivity contribution in [3.05, 3.63) is 0 Å². The van der Waals surface area contributed by atoms with Gasteiger partial charge in [-0.2, -0.15) is 0 Å². The summed E-state index contributed by atoms with van der Waals surface area (Å²) in [4.78, 5) is 21.2. The molecule has 0 aliphatic heterocycles. The van der Waals surface area contributed by atoms with Crippen LogP contribution in [0.2, 0.25) is 0 Å². The fourth-order valence-electron chi connectivity index (χ4n) is 0.545. The third kappa shape index (κ3) is 5.92. The lowest BCUT2D eigenvalue weighted by molar-refractivity contribution is -0.166. The summed E-state index contributed by atoms with van der Waals surface area (Å²) < 4.78 is 13.5. The zero-order valence-corrected chi connectivity index (χ0v) is 7.61. The Hall–Kier alpha value is -1.30. The molecule has 1 unspecified atom stereocenters. The predicted molar refractivity (Wildman–Crippen MR) is 42.7 cm³/mol. The van der Waals surface area contributed by atoms with Gasteiger partial charge in [-0.05, 0) is 6.92 Å². The van der Waals surface area contributed by atoms with Crippen LogP contribution in [0.25, 0.3) is 0 Å². The van der Waals surface area contributed by atoms with E-state index in [9.17, 15) is 9.59 Å². The molecule has 76 valence electrons. The quantitative estimate of drug-likeness (QED) is 0.497. The van der Waals surface area contributed by atoms with Crippen LogP contribution < -0.4 is 5.73 Å². The first-order chi connectivity index (χ1) is 6.10. The van der Waals surface area contributed by atoms with Crippen LogP contribution in [0.15, 0.2) is 0 Å². The highest BCUT2D eigenvalue weighted by molar-refractivity contribution is 5.71. The second-order valence-electron chi connectivity index (χ2n) is 2.06. The molecule has 0 radical (unpaired) electrons. The number of carbonyl (C=O) groups is 2. The molecule has 0 fully saturated rings. The van der Waals surface area contributed by atoms with Gasteiger partial charge in [0.05, 0.1) is 13.2 Å². The number of esters is 1. The molecule has 0 saturated heterocycles. The molecule has 0 spiro atoms. The van der Waals surface area contributed by atoms with Crippen molar-refractivity contribution in [2.24, 2.45) is 5.73 Å². The van der Waals surface area contributed by atoms with Crippen LogP contribution in [0.3, 0.4) is 0 Å². The van der Waals surface area contributed by atoms with Crippen molar-refractivity contribution in [3.8, 4) is 0 Å². The van der Waals surface area contributed by atoms with E-state index in [1.54, 1.807) is 6.92 Å². The van der Waals surface area contributed by atoms with Gasteiger partial charge in [-0.3, -0.25) is 4.79 Å². The molecule has 13 heavy (non-hydrogen) atoms. The monoisotopic (exact) mass is 191 g/mol. The summed E-state index contributed by atoms with van der Waals surface area (Å²) in [6.07, 6.45) is -1.85. The maximum absolute atomic E-state index is 10.7. The fourth-order valence-corrected chi connectivity index (χ4v) is 0.545. The summed E-state index contributed by atoms with van der Waals surface area (Å²) in [5.41, 5.74) is 4.96. The second kappa shape index (κ2) is 6.24. The minimum atomic E-state index is -0.977. The number of rotatable bonds is 4. The number of nitrogens with two attached hydrogens (primary N) is 1. The van der Waals surface area contributed by atoms with Crippen molar-refractivity contribution >= 4 is 12.1 Å². The minimum absolute atomic E-state index is 0.205. The third-order valence-corrected chi connectivity index (χ3v) is 0.988. The number of ether oxygens (including phenoxy) is 3. The number of hydrogen-bond acceptors (Lipinski definition) is 6. The highest BCUT2D eigenvalue weighted by Crippen LogP contribution is 1.96. The highest BCUT2D eigenvalue weighted by atomic mass is 16.8. The Morgan fingerprint density at radius 3 is 2.46 bits per heavy atom. The van der Waals surface area contributed by atoms with Gasteiger partial charge in [0, 0.05) is 6.92 Å². The van der Waals surface area contributed by atoms with Gasteiger partial charge in [0.25, 0.3) is 0 Å². The third-order valence-electron chi connectivity index (χ3n) is 0.988. The van der Waals surface area contributed by atoms with Crippen LogP contribution in [-0.4, -0.2) is 31.6 Å². The van der Waals surface area contributed by atoms with E-state index in [1.807, 2.05) is 0 Å². The zero-order chi connectivity index (χ0) is 10.3. The van der Waals surface area contributed by atoms with E-state index < -0.39 is 18.4 Å². The summed E-state index contributed by atoms with van der Waals surface area (Å²) in [5, 5.41) is 0. The van der Waals surface area contributed by atoms with Gasteiger partial charge in [0.2, 0.25) is 6.29 Å². The van der Waals surface area contributed by atoms with Crippen molar-refractivity contribution in [2.45, 2.75) is 20.1 Å². The van der Waals surface area contributed by atoms with Gasteiger partial charge < -0.3 is 19.9 Å². The van der Waals surface area contributed by atoms with Gasteiger partial charge in [-0.1, -0.05) is 0 Å². The molecule has 6 nitrogen and oxygen atoms in total. The average Bonchev–Trinajstić information content (AvgIpc) is 2.04. The van der Waals surface area contributed by atoms with Crippen molar-refractivity contribution in [2.75, 3.05) is 13.2 Å². The molecule has 0 bridgehead atoms. The molecule has 0 aliphatic rings. The van der Waals surface area contributed by atoms with Crippen LogP contribution in [0, 0.1) is 0 Å². The largest absolute Gasteiger partial charge is 0.511 e. The smallest absolute Gasteiger partial charge is 0.435 e. The lowest BCUT2D eigenvalue weighted by Crippen LogP contribution is -2.26. The summed E-state index contributed by atoms with van der Waals surface area (Å²) in [6.45, 7) is 2.98. The number of hydrogen-bond donors (Lipinski definition) is 1. The van der Waals surface area contributed by atoms with E-state index in [1.165, 1.54) is 6.92 Å². The van der Waals surface area contributed by atoms with E-state index in [-0.39, 0.29) is 13.2 Å². The second-order valence-corrected chi connectivity index (χ2v) is 2.06. The van der Waals surface area contributed by atoms with Crippen LogP contribution >= 0.6 is 0 Å². The maximum Gasteiger partial charge on any atom is 0.511 e. The predicted octanol–water partition coefficient (Wildman–Crippen LogP) is 0.00740. The van der Waals surface area contributed by atoms with E-state index in [0.29, 0.717) is 0 Å². The van der Waals surface area contributed by atoms with Crippen molar-refractivity contribution < 1.29 is 23.8 Å². The first kappa shape index (κ1) is 11.7. The van der Waals surface area contributed by atoms with E-state index in [4.69, 9.17) is 5.73 Å². The molecule has 0 amide bonds. The fraction of sp³-hybridized carbons (Fsp3) is 0.714. The Bertz CT molecular complexity index is 182. The Kier molecular flexibility index (Phi) is 5.62. The topological polar surface area (TPSA) is 87.9 Å². The van der Waals surface area contributed by atoms with E-state index in [2.05, 4.69) is 14.2 Å². The first-order valence-electron chi connectivity index (χ1n) is 3.83. The standard InChI is InChI=1S/C7H13NO5/c1-3-11-7(10)13-5(2)12-6(9)4-8/h5H,3-4,8H2,1-2H3. The molecular weight excluding hydrogens is 178 g/mol. The van der Waals surface area contributed by atoms with Crippen molar-refractivity contribution in [3.63, 3.8) is 0 Å². The van der Waals surface area contributed by atoms with Gasteiger partial charge in [0.1, 0.15) is 0 Å². The Morgan fingerprint density at radius 2 is 2.00 bits per heavy atom. The zero-order valence-electron chi connectivity index (χ0n) is 7.61. The summed E-state index contributed by atoms with van der Waals surface area (Å²) in [7, 11) is 0. The molecule has 0 aromatic carbocycles. The maximum atomic E-state index is 10.7. The van der Waals surface area contributed by atoms with E-state index >= 15 is 0 Å². The van der Waals surface area contributed by atoms with E-state index in [0.717, 1.165) is 0 Å². The summed E-state index contributed by atoms with van der Waals surface area (Å²) in [5.74, 6) is -0.642. The molecule has 0 aromatic rings. The molecular formula is C7H13NO5. The Morgan fingerprint density at radius 1 is 1.38 bits per heavy atom. The summed E-state index contributed by atoms with van der Waals surface area (Å²) in [6, 6.07) is 0. The first-order valence-corrected chi connectivity index (χ1v) is 3.83. The molecule has 0 aliphatic carbocycles. The van der Waals surface area contributed by atoms with Crippen LogP contribution in [0.5, 0.6) is 0 Å². The molecule has 0 aromatic heterocycles. The summed E-state index contributed by atoms with van der Waals surface area (Å²) >= 11 is 0. The normalized spacial score (nSPS) is 11.6. The minimum Gasteiger partial charge on any atom is -0.435 e. The average molecular weight is 191 g/mol. The van der Waals surface area contributed by atoms with Crippen LogP contribution in [0.1, 0.15) is 13.8 Å². The molecule has 0 heterocycles. The van der Waals surface area contributed by atoms with Gasteiger partial charge in [-0.15, -0.1) is 0 Å². The Balaban J connectivity index is 3.67. The van der Waals surface area contributed by atoms with Gasteiger partial charge in [-0.25, -0.2) is 4.79 Å². The molecule has 0 saturated carbocycles. The van der Waals surface area contributed by atoms with Crippen LogP contribution in [0.4, 0.5) is 4.79 Å². The lowest BCUT2D eigenvalue weighted by Gasteiger charge is -2.12. The Labute approximate surface area is 75.9 Å². The van der Waals surface area contributed by atoms with Gasteiger partial charge in [0.15, 0.2) is 0 Å². The van der Waals surface area contributed by atoms with Crippen LogP contribution in [-0.2, 0) is 19.0 Å². The number of carbonyl (C=O) groups excluding carboxylic acids is 2. The van der Waals surface area contributed by atoms with Crippen molar-refractivity contribution in [1.82, 2.24) is 0 Å². The SMILES string of the molecule is CCOC(=O)OC(C)OC(=O)CN. The highest BCUT2D eigenvalue weighted by Gasteiger charge is 2.13. The molecule has 0 rings (SSSR count). The molecule has 1 atom stereocenters. The molecule has 2 N–H and O–H groups in total. The van der Waals surface area contributed by atoms with Crippen molar-refractivity contribution in [1.29, 1.82) is 0 Å². The molecule has 6 heteroatoms.